The molecule has 112 valence electrons. The third-order valence-electron chi connectivity index (χ3n) is 3.30. The Balaban J connectivity index is 2.31. The molecule has 5 nitrogen and oxygen atoms in total. The summed E-state index contributed by atoms with van der Waals surface area (Å²) in [5.41, 5.74) is 7.82. The maximum atomic E-state index is 8.90. The van der Waals surface area contributed by atoms with Crippen LogP contribution < -0.4 is 15.2 Å². The number of fused-ring (bicyclic) bond motifs is 1. The zero-order valence-electron chi connectivity index (χ0n) is 12.1. The molecule has 1 aromatic carbocycles. The largest absolute Gasteiger partial charge is 0.493 e. The fourth-order valence-electron chi connectivity index (χ4n) is 2.47. The average Bonchev–Trinajstić information content (AvgIpc) is 2.79. The SMILES string of the molecule is CCOc1cc2c(cc1C(CN)OCCO)OC(C)C2. The molecule has 0 fully saturated rings. The molecule has 1 aromatic rings. The van der Waals surface area contributed by atoms with E-state index < -0.39 is 0 Å². The molecule has 0 spiro atoms. The third kappa shape index (κ3) is 3.23. The number of aliphatic hydroxyl groups is 1. The third-order valence-corrected chi connectivity index (χ3v) is 3.30. The van der Waals surface area contributed by atoms with Gasteiger partial charge in [0.25, 0.3) is 0 Å². The minimum Gasteiger partial charge on any atom is -0.493 e. The molecule has 3 N–H and O–H groups in total. The van der Waals surface area contributed by atoms with Crippen LogP contribution >= 0.6 is 0 Å². The molecule has 0 aliphatic carbocycles. The van der Waals surface area contributed by atoms with Gasteiger partial charge in [-0.1, -0.05) is 0 Å². The summed E-state index contributed by atoms with van der Waals surface area (Å²) in [6.07, 6.45) is 0.776. The van der Waals surface area contributed by atoms with Gasteiger partial charge in [0.15, 0.2) is 0 Å². The van der Waals surface area contributed by atoms with E-state index in [-0.39, 0.29) is 25.4 Å². The van der Waals surface area contributed by atoms with Crippen LogP contribution in [0.5, 0.6) is 11.5 Å². The highest BCUT2D eigenvalue weighted by Crippen LogP contribution is 2.38. The average molecular weight is 281 g/mol. The van der Waals surface area contributed by atoms with Crippen molar-refractivity contribution in [2.24, 2.45) is 5.73 Å². The van der Waals surface area contributed by atoms with Gasteiger partial charge in [-0.3, -0.25) is 0 Å². The first-order chi connectivity index (χ1) is 9.69. The molecule has 2 atom stereocenters. The molecule has 0 radical (unpaired) electrons. The van der Waals surface area contributed by atoms with Gasteiger partial charge in [-0.2, -0.15) is 0 Å². The summed E-state index contributed by atoms with van der Waals surface area (Å²) in [6, 6.07) is 3.97. The Bertz CT molecular complexity index is 450. The van der Waals surface area contributed by atoms with Gasteiger partial charge in [0.1, 0.15) is 17.6 Å². The van der Waals surface area contributed by atoms with Gasteiger partial charge in [-0.25, -0.2) is 0 Å². The van der Waals surface area contributed by atoms with E-state index >= 15 is 0 Å². The second kappa shape index (κ2) is 6.92. The van der Waals surface area contributed by atoms with Crippen LogP contribution in [0.3, 0.4) is 0 Å². The first-order valence-corrected chi connectivity index (χ1v) is 7.08. The van der Waals surface area contributed by atoms with E-state index in [0.29, 0.717) is 13.2 Å². The first-order valence-electron chi connectivity index (χ1n) is 7.08. The van der Waals surface area contributed by atoms with Crippen LogP contribution in [0.4, 0.5) is 0 Å². The second-order valence-corrected chi connectivity index (χ2v) is 4.88. The smallest absolute Gasteiger partial charge is 0.125 e. The van der Waals surface area contributed by atoms with Gasteiger partial charge < -0.3 is 25.1 Å². The highest BCUT2D eigenvalue weighted by Gasteiger charge is 2.25. The number of ether oxygens (including phenoxy) is 3. The van der Waals surface area contributed by atoms with E-state index in [2.05, 4.69) is 0 Å². The van der Waals surface area contributed by atoms with Crippen LogP contribution in [0.25, 0.3) is 0 Å². The van der Waals surface area contributed by atoms with Gasteiger partial charge in [0.05, 0.1) is 25.9 Å². The Hall–Kier alpha value is -1.30. The van der Waals surface area contributed by atoms with Crippen LogP contribution in [0.1, 0.15) is 31.1 Å². The Morgan fingerprint density at radius 1 is 1.50 bits per heavy atom. The predicted octanol–water partition coefficient (Wildman–Crippen LogP) is 1.42. The van der Waals surface area contributed by atoms with Crippen LogP contribution in [-0.4, -0.2) is 37.6 Å². The number of rotatable bonds is 7. The lowest BCUT2D eigenvalue weighted by atomic mass is 10.0. The van der Waals surface area contributed by atoms with E-state index in [4.69, 9.17) is 25.1 Å². The summed E-state index contributed by atoms with van der Waals surface area (Å²) in [5, 5.41) is 8.90. The summed E-state index contributed by atoms with van der Waals surface area (Å²) in [4.78, 5) is 0. The van der Waals surface area contributed by atoms with Crippen LogP contribution in [0.15, 0.2) is 12.1 Å². The zero-order chi connectivity index (χ0) is 14.5. The van der Waals surface area contributed by atoms with E-state index in [9.17, 15) is 0 Å². The molecule has 20 heavy (non-hydrogen) atoms. The summed E-state index contributed by atoms with van der Waals surface area (Å²) in [5.74, 6) is 1.67. The van der Waals surface area contributed by atoms with Crippen LogP contribution in [0.2, 0.25) is 0 Å². The number of nitrogens with two attached hydrogens (primary N) is 1. The van der Waals surface area contributed by atoms with Crippen molar-refractivity contribution >= 4 is 0 Å². The van der Waals surface area contributed by atoms with Gasteiger partial charge in [-0.15, -0.1) is 0 Å². The van der Waals surface area contributed by atoms with E-state index in [1.807, 2.05) is 26.0 Å². The van der Waals surface area contributed by atoms with Crippen molar-refractivity contribution in [3.63, 3.8) is 0 Å². The Kier molecular flexibility index (Phi) is 5.23. The van der Waals surface area contributed by atoms with Gasteiger partial charge >= 0.3 is 0 Å². The van der Waals surface area contributed by atoms with Crippen molar-refractivity contribution in [3.05, 3.63) is 23.3 Å². The molecule has 2 rings (SSSR count). The van der Waals surface area contributed by atoms with Crippen molar-refractivity contribution in [2.75, 3.05) is 26.4 Å². The van der Waals surface area contributed by atoms with Crippen molar-refractivity contribution in [2.45, 2.75) is 32.5 Å². The molecule has 1 aliphatic rings. The molecule has 0 bridgehead atoms. The number of benzene rings is 1. The molecule has 0 saturated carbocycles. The number of hydrogen-bond acceptors (Lipinski definition) is 5. The van der Waals surface area contributed by atoms with E-state index in [0.717, 1.165) is 29.0 Å². The first kappa shape index (κ1) is 15.1. The molecule has 2 unspecified atom stereocenters. The standard InChI is InChI=1S/C15H23NO4/c1-3-18-14-7-11-6-10(2)20-13(11)8-12(14)15(9-16)19-5-4-17/h7-8,10,15,17H,3-6,9,16H2,1-2H3. The summed E-state index contributed by atoms with van der Waals surface area (Å²) < 4.78 is 17.1. The van der Waals surface area contributed by atoms with Gasteiger partial charge in [0, 0.05) is 24.1 Å². The Morgan fingerprint density at radius 2 is 2.30 bits per heavy atom. The normalized spacial score (nSPS) is 18.5. The lowest BCUT2D eigenvalue weighted by molar-refractivity contribution is 0.0312. The Morgan fingerprint density at radius 3 is 2.95 bits per heavy atom. The molecule has 0 amide bonds. The highest BCUT2D eigenvalue weighted by molar-refractivity contribution is 5.49. The minimum atomic E-state index is -0.298. The minimum absolute atomic E-state index is 0.0288. The quantitative estimate of drug-likeness (QED) is 0.790. The summed E-state index contributed by atoms with van der Waals surface area (Å²) in [6.45, 7) is 5.12. The molecule has 0 aromatic heterocycles. The molecule has 0 saturated heterocycles. The molecule has 1 heterocycles. The molecule has 1 aliphatic heterocycles. The van der Waals surface area contributed by atoms with Crippen molar-refractivity contribution < 1.29 is 19.3 Å². The zero-order valence-corrected chi connectivity index (χ0v) is 12.1. The van der Waals surface area contributed by atoms with Crippen molar-refractivity contribution in [1.29, 1.82) is 0 Å². The fourth-order valence-corrected chi connectivity index (χ4v) is 2.47. The molecule has 5 heteroatoms. The summed E-state index contributed by atoms with van der Waals surface area (Å²) >= 11 is 0. The lowest BCUT2D eigenvalue weighted by Gasteiger charge is -2.20. The maximum Gasteiger partial charge on any atom is 0.125 e. The molecular formula is C15H23NO4. The topological polar surface area (TPSA) is 73.9 Å². The van der Waals surface area contributed by atoms with Crippen LogP contribution in [0, 0.1) is 0 Å². The lowest BCUT2D eigenvalue weighted by Crippen LogP contribution is -2.18. The number of hydrogen-bond donors (Lipinski definition) is 2. The summed E-state index contributed by atoms with van der Waals surface area (Å²) in [7, 11) is 0. The van der Waals surface area contributed by atoms with Gasteiger partial charge in [-0.05, 0) is 26.0 Å². The fraction of sp³-hybridized carbons (Fsp3) is 0.600. The van der Waals surface area contributed by atoms with E-state index in [1.54, 1.807) is 0 Å². The number of aliphatic hydroxyl groups excluding tert-OH is 1. The van der Waals surface area contributed by atoms with Crippen molar-refractivity contribution in [1.82, 2.24) is 0 Å². The van der Waals surface area contributed by atoms with Crippen LogP contribution in [-0.2, 0) is 11.2 Å². The van der Waals surface area contributed by atoms with Gasteiger partial charge in [0.2, 0.25) is 0 Å². The maximum absolute atomic E-state index is 8.90. The Labute approximate surface area is 119 Å². The second-order valence-electron chi connectivity index (χ2n) is 4.88. The van der Waals surface area contributed by atoms with Crippen molar-refractivity contribution in [3.8, 4) is 11.5 Å². The van der Waals surface area contributed by atoms with E-state index in [1.165, 1.54) is 0 Å². The highest BCUT2D eigenvalue weighted by atomic mass is 16.5. The molecular weight excluding hydrogens is 258 g/mol. The predicted molar refractivity (Wildman–Crippen MR) is 76.2 cm³/mol. The monoisotopic (exact) mass is 281 g/mol.